The van der Waals surface area contributed by atoms with Gasteiger partial charge in [-0.25, -0.2) is 4.79 Å². The van der Waals surface area contributed by atoms with Gasteiger partial charge in [-0.15, -0.1) is 0 Å². The van der Waals surface area contributed by atoms with E-state index in [1.54, 1.807) is 0 Å². The zero-order valence-electron chi connectivity index (χ0n) is 16.1. The Labute approximate surface area is 110 Å². The van der Waals surface area contributed by atoms with Gasteiger partial charge in [0.1, 0.15) is 0 Å². The molecule has 0 aliphatic carbocycles. The third-order valence-electron chi connectivity index (χ3n) is 2.28. The van der Waals surface area contributed by atoms with Crippen molar-refractivity contribution in [2.24, 2.45) is 0 Å². The summed E-state index contributed by atoms with van der Waals surface area (Å²) in [5.74, 6) is -1.95. The SMILES string of the molecule is [2H]C([2H])(C(=O)O)C([2H])([2H])C([2H])([2H])C([2H])([2H])[C@@H]1SC[C@@H]2NC(=O)N[C@@H]21. The third kappa shape index (κ3) is 2.61. The molecule has 2 heterocycles. The third-order valence-corrected chi connectivity index (χ3v) is 3.60. The molecule has 0 aromatic heterocycles. The Kier molecular flexibility index (Phi) is 1.60. The van der Waals surface area contributed by atoms with Gasteiger partial charge < -0.3 is 15.7 Å². The standard InChI is InChI=1S/C10H16N2O3S/c13-8(14)4-2-1-3-7-9-6(5-16-7)11-10(15)12-9/h6-7,9H,1-5H2,(H,13,14)(H2,11,12,15)/t6-,7-,9-/m0/s1/i1D2,2D2,3D2,4D2. The van der Waals surface area contributed by atoms with Crippen LogP contribution in [0.1, 0.15) is 36.5 Å². The molecule has 0 bridgehead atoms. The number of hydrogen-bond acceptors (Lipinski definition) is 3. The van der Waals surface area contributed by atoms with Gasteiger partial charge in [0, 0.05) is 28.3 Å². The lowest BCUT2D eigenvalue weighted by molar-refractivity contribution is -0.137. The minimum Gasteiger partial charge on any atom is -0.481 e. The molecule has 2 aliphatic heterocycles. The van der Waals surface area contributed by atoms with E-state index < -0.39 is 54.8 Å². The van der Waals surface area contributed by atoms with Crippen LogP contribution in [0.2, 0.25) is 0 Å². The number of rotatable bonds is 5. The first kappa shape index (κ1) is 5.16. The van der Waals surface area contributed by atoms with E-state index in [4.69, 9.17) is 16.1 Å². The molecule has 0 saturated carbocycles. The van der Waals surface area contributed by atoms with E-state index >= 15 is 0 Å². The summed E-state index contributed by atoms with van der Waals surface area (Å²) >= 11 is 0.977. The molecule has 5 nitrogen and oxygen atoms in total. The van der Waals surface area contributed by atoms with Crippen LogP contribution in [0.4, 0.5) is 4.79 Å². The minimum absolute atomic E-state index is 0.276. The van der Waals surface area contributed by atoms with Gasteiger partial charge in [-0.3, -0.25) is 4.79 Å². The molecule has 2 aliphatic rings. The fourth-order valence-electron chi connectivity index (χ4n) is 1.62. The summed E-state index contributed by atoms with van der Waals surface area (Å²) in [5.41, 5.74) is 0. The van der Waals surface area contributed by atoms with Gasteiger partial charge in [-0.05, 0) is 12.7 Å². The molecule has 2 saturated heterocycles. The van der Waals surface area contributed by atoms with Crippen LogP contribution in [-0.4, -0.2) is 40.2 Å². The quantitative estimate of drug-likeness (QED) is 0.632. The molecule has 6 heteroatoms. The number of fused-ring (bicyclic) bond motifs is 1. The highest BCUT2D eigenvalue weighted by atomic mass is 32.2. The van der Waals surface area contributed by atoms with Crippen molar-refractivity contribution in [1.82, 2.24) is 10.6 Å². The Morgan fingerprint density at radius 3 is 3.12 bits per heavy atom. The molecule has 3 atom stereocenters. The van der Waals surface area contributed by atoms with Crippen molar-refractivity contribution in [3.05, 3.63) is 0 Å². The van der Waals surface area contributed by atoms with Crippen molar-refractivity contribution in [1.29, 1.82) is 0 Å². The maximum atomic E-state index is 11.4. The average Bonchev–Trinajstić information content (AvgIpc) is 2.96. The summed E-state index contributed by atoms with van der Waals surface area (Å²) in [6.07, 6.45) is -13.8. The van der Waals surface area contributed by atoms with E-state index in [1.165, 1.54) is 0 Å². The molecular weight excluding hydrogens is 228 g/mol. The zero-order chi connectivity index (χ0) is 18.7. The predicted octanol–water partition coefficient (Wildman–Crippen LogP) is 0.797. The summed E-state index contributed by atoms with van der Waals surface area (Å²) in [6, 6.07) is -1.81. The monoisotopic (exact) mass is 252 g/mol. The number of carbonyl (C=O) groups is 2. The second-order valence-corrected chi connectivity index (χ2v) is 4.50. The van der Waals surface area contributed by atoms with E-state index in [-0.39, 0.29) is 5.75 Å². The highest BCUT2D eigenvalue weighted by Crippen LogP contribution is 2.33. The first-order valence-electron chi connectivity index (χ1n) is 8.60. The Balaban J connectivity index is 2.40. The van der Waals surface area contributed by atoms with E-state index in [0.29, 0.717) is 0 Å². The molecule has 0 spiro atoms. The summed E-state index contributed by atoms with van der Waals surface area (Å²) in [5, 5.41) is 12.6. The van der Waals surface area contributed by atoms with Gasteiger partial charge in [0.15, 0.2) is 0 Å². The first-order valence-corrected chi connectivity index (χ1v) is 5.65. The first-order chi connectivity index (χ1) is 10.7. The second-order valence-electron chi connectivity index (χ2n) is 3.33. The largest absolute Gasteiger partial charge is 0.481 e. The molecule has 2 amide bonds. The molecule has 0 aromatic rings. The number of carbonyl (C=O) groups excluding carboxylic acids is 1. The number of carboxylic acids is 1. The number of nitrogens with one attached hydrogen (secondary N) is 2. The van der Waals surface area contributed by atoms with Gasteiger partial charge >= 0.3 is 12.0 Å². The fourth-order valence-corrected chi connectivity index (χ4v) is 2.93. The Bertz CT molecular complexity index is 572. The van der Waals surface area contributed by atoms with Gasteiger partial charge in [0.05, 0.1) is 12.1 Å². The Hall–Kier alpha value is -0.910. The van der Waals surface area contributed by atoms with Crippen LogP contribution in [-0.2, 0) is 4.79 Å². The van der Waals surface area contributed by atoms with Crippen molar-refractivity contribution in [2.75, 3.05) is 5.75 Å². The highest BCUT2D eigenvalue weighted by Gasteiger charge is 2.42. The molecule has 90 valence electrons. The second kappa shape index (κ2) is 4.95. The summed E-state index contributed by atoms with van der Waals surface area (Å²) in [4.78, 5) is 22.4. The van der Waals surface area contributed by atoms with Crippen LogP contribution >= 0.6 is 11.8 Å². The molecular formula is C10H16N2O3S. The van der Waals surface area contributed by atoms with Crippen molar-refractivity contribution in [2.45, 2.75) is 42.8 Å². The van der Waals surface area contributed by atoms with E-state index in [0.717, 1.165) is 11.8 Å². The number of amides is 2. The van der Waals surface area contributed by atoms with Crippen molar-refractivity contribution in [3.8, 4) is 0 Å². The van der Waals surface area contributed by atoms with Crippen molar-refractivity contribution in [3.63, 3.8) is 0 Å². The molecule has 2 fully saturated rings. The van der Waals surface area contributed by atoms with Crippen LogP contribution in [0, 0.1) is 0 Å². The van der Waals surface area contributed by atoms with Gasteiger partial charge in [-0.2, -0.15) is 11.8 Å². The number of hydrogen-bond donors (Lipinski definition) is 3. The topological polar surface area (TPSA) is 78.4 Å². The number of carboxylic acid groups (broad SMARTS) is 1. The minimum atomic E-state index is -3.66. The van der Waals surface area contributed by atoms with Crippen molar-refractivity contribution >= 4 is 23.8 Å². The summed E-state index contributed by atoms with van der Waals surface area (Å²) in [6.45, 7) is 0. The molecule has 2 rings (SSSR count). The number of thioether (sulfide) groups is 1. The summed E-state index contributed by atoms with van der Waals surface area (Å²) < 4.78 is 62.2. The average molecular weight is 252 g/mol. The molecule has 0 radical (unpaired) electrons. The molecule has 0 aromatic carbocycles. The van der Waals surface area contributed by atoms with Gasteiger partial charge in [0.25, 0.3) is 0 Å². The normalized spacial score (nSPS) is 43.0. The zero-order valence-corrected chi connectivity index (χ0v) is 8.93. The number of aliphatic carboxylic acids is 1. The fraction of sp³-hybridized carbons (Fsp3) is 0.800. The maximum absolute atomic E-state index is 11.4. The molecule has 16 heavy (non-hydrogen) atoms. The van der Waals surface area contributed by atoms with Gasteiger partial charge in [-0.1, -0.05) is 6.37 Å². The Morgan fingerprint density at radius 2 is 2.38 bits per heavy atom. The lowest BCUT2D eigenvalue weighted by atomic mass is 10.0. The molecule has 3 N–H and O–H groups in total. The highest BCUT2D eigenvalue weighted by molar-refractivity contribution is 8.00. The van der Waals surface area contributed by atoms with Crippen LogP contribution in [0.5, 0.6) is 0 Å². The van der Waals surface area contributed by atoms with E-state index in [2.05, 4.69) is 10.6 Å². The predicted molar refractivity (Wildman–Crippen MR) is 61.6 cm³/mol. The number of urea groups is 1. The van der Waals surface area contributed by atoms with E-state index in [9.17, 15) is 9.59 Å². The lowest BCUT2D eigenvalue weighted by Crippen LogP contribution is -2.36. The lowest BCUT2D eigenvalue weighted by Gasteiger charge is -2.16. The van der Waals surface area contributed by atoms with Crippen LogP contribution in [0.15, 0.2) is 0 Å². The maximum Gasteiger partial charge on any atom is 0.315 e. The Morgan fingerprint density at radius 1 is 1.56 bits per heavy atom. The molecule has 0 unspecified atom stereocenters. The van der Waals surface area contributed by atoms with Crippen LogP contribution in [0.25, 0.3) is 0 Å². The van der Waals surface area contributed by atoms with Gasteiger partial charge in [0.2, 0.25) is 0 Å². The van der Waals surface area contributed by atoms with Crippen LogP contribution in [0.3, 0.4) is 0 Å². The van der Waals surface area contributed by atoms with Crippen molar-refractivity contribution < 1.29 is 25.7 Å². The smallest absolute Gasteiger partial charge is 0.315 e. The summed E-state index contributed by atoms with van der Waals surface area (Å²) in [7, 11) is 0. The van der Waals surface area contributed by atoms with Crippen LogP contribution < -0.4 is 10.6 Å². The van der Waals surface area contributed by atoms with E-state index in [1.807, 2.05) is 0 Å².